The van der Waals surface area contributed by atoms with Gasteiger partial charge in [0.05, 0.1) is 15.6 Å². The molecule has 29 heavy (non-hydrogen) atoms. The Morgan fingerprint density at radius 3 is 2.76 bits per heavy atom. The summed E-state index contributed by atoms with van der Waals surface area (Å²) >= 11 is 16.3. The normalized spacial score (nSPS) is 17.6. The molecule has 0 bridgehead atoms. The molecule has 0 spiro atoms. The standard InChI is InChI=1S/C23H25Cl2N2S2/c1-4-15(11-22-26(5-2)18-13-16(24)7-9-20(18)28-22)12-23-27(6-3)19-14-17(25)8-10-21(19)29-23/h7,9,11-14H,4-6,8,10H2,1-3H3/q+1. The third kappa shape index (κ3) is 4.18. The van der Waals surface area contributed by atoms with Crippen LogP contribution in [0.15, 0.2) is 44.8 Å². The van der Waals surface area contributed by atoms with Gasteiger partial charge in [-0.05, 0) is 63.0 Å². The zero-order valence-electron chi connectivity index (χ0n) is 17.0. The maximum Gasteiger partial charge on any atom is 0.262 e. The molecule has 0 atom stereocenters. The molecule has 0 fully saturated rings. The summed E-state index contributed by atoms with van der Waals surface area (Å²) in [4.78, 5) is 5.07. The fraction of sp³-hybridized carbons (Fsp3) is 0.348. The Balaban J connectivity index is 1.71. The summed E-state index contributed by atoms with van der Waals surface area (Å²) in [5.74, 6) is 0. The van der Waals surface area contributed by atoms with Gasteiger partial charge < -0.3 is 4.90 Å². The number of aryl methyl sites for hydroxylation is 1. The quantitative estimate of drug-likeness (QED) is 0.423. The highest BCUT2D eigenvalue weighted by Crippen LogP contribution is 2.47. The number of benzene rings is 1. The van der Waals surface area contributed by atoms with Gasteiger partial charge in [-0.25, -0.2) is 0 Å². The molecule has 0 unspecified atom stereocenters. The van der Waals surface area contributed by atoms with Crippen molar-refractivity contribution in [2.24, 2.45) is 0 Å². The van der Waals surface area contributed by atoms with Crippen LogP contribution in [0.25, 0.3) is 12.2 Å². The lowest BCUT2D eigenvalue weighted by Gasteiger charge is -2.18. The summed E-state index contributed by atoms with van der Waals surface area (Å²) in [6, 6.07) is 6.16. The second-order valence-electron chi connectivity index (χ2n) is 7.10. The van der Waals surface area contributed by atoms with Crippen LogP contribution >= 0.6 is 46.3 Å². The Labute approximate surface area is 191 Å². The van der Waals surface area contributed by atoms with Crippen molar-refractivity contribution in [1.29, 1.82) is 0 Å². The van der Waals surface area contributed by atoms with E-state index in [9.17, 15) is 0 Å². The Morgan fingerprint density at radius 1 is 1.21 bits per heavy atom. The summed E-state index contributed by atoms with van der Waals surface area (Å²) < 4.78 is 2.39. The summed E-state index contributed by atoms with van der Waals surface area (Å²) in [5.41, 5.74) is 3.83. The largest absolute Gasteiger partial charge is 0.335 e. The molecule has 6 heteroatoms. The van der Waals surface area contributed by atoms with E-state index in [1.807, 2.05) is 29.2 Å². The van der Waals surface area contributed by atoms with Gasteiger partial charge in [0.15, 0.2) is 0 Å². The molecule has 152 valence electrons. The number of aromatic nitrogens is 1. The van der Waals surface area contributed by atoms with Crippen LogP contribution in [0.4, 0.5) is 5.69 Å². The van der Waals surface area contributed by atoms with Crippen molar-refractivity contribution in [3.05, 3.63) is 60.5 Å². The number of anilines is 1. The average molecular weight is 465 g/mol. The van der Waals surface area contributed by atoms with Crippen molar-refractivity contribution in [3.8, 4) is 0 Å². The topological polar surface area (TPSA) is 7.12 Å². The van der Waals surface area contributed by atoms with Crippen molar-refractivity contribution in [1.82, 2.24) is 0 Å². The highest BCUT2D eigenvalue weighted by Gasteiger charge is 2.27. The van der Waals surface area contributed by atoms with Crippen molar-refractivity contribution in [3.63, 3.8) is 0 Å². The number of halogens is 2. The summed E-state index contributed by atoms with van der Waals surface area (Å²) in [7, 11) is 0. The maximum absolute atomic E-state index is 6.33. The van der Waals surface area contributed by atoms with Crippen LogP contribution in [0.5, 0.6) is 0 Å². The van der Waals surface area contributed by atoms with E-state index in [2.05, 4.69) is 60.6 Å². The van der Waals surface area contributed by atoms with E-state index in [-0.39, 0.29) is 0 Å². The second-order valence-corrected chi connectivity index (χ2v) is 10.2. The van der Waals surface area contributed by atoms with Gasteiger partial charge in [0.2, 0.25) is 5.69 Å². The highest BCUT2D eigenvalue weighted by atomic mass is 35.5. The van der Waals surface area contributed by atoms with Crippen molar-refractivity contribution >= 4 is 64.1 Å². The van der Waals surface area contributed by atoms with Crippen molar-refractivity contribution in [2.75, 3.05) is 11.4 Å². The van der Waals surface area contributed by atoms with Crippen LogP contribution in [0.3, 0.4) is 0 Å². The lowest BCUT2D eigenvalue weighted by atomic mass is 10.1. The molecule has 2 aliphatic rings. The maximum atomic E-state index is 6.33. The van der Waals surface area contributed by atoms with E-state index in [1.54, 1.807) is 0 Å². The molecule has 2 nitrogen and oxygen atoms in total. The minimum absolute atomic E-state index is 0.787. The lowest BCUT2D eigenvalue weighted by molar-refractivity contribution is -0.692. The van der Waals surface area contributed by atoms with Gasteiger partial charge in [-0.2, -0.15) is 4.57 Å². The molecule has 1 aromatic carbocycles. The van der Waals surface area contributed by atoms with Crippen LogP contribution in [-0.2, 0) is 13.0 Å². The van der Waals surface area contributed by atoms with E-state index in [0.29, 0.717) is 0 Å². The predicted octanol–water partition coefficient (Wildman–Crippen LogP) is 7.50. The smallest absolute Gasteiger partial charge is 0.262 e. The van der Waals surface area contributed by atoms with Crippen molar-refractivity contribution < 1.29 is 4.57 Å². The summed E-state index contributed by atoms with van der Waals surface area (Å²) in [6.07, 6.45) is 9.82. The third-order valence-corrected chi connectivity index (χ3v) is 8.16. The van der Waals surface area contributed by atoms with E-state index in [0.717, 1.165) is 42.4 Å². The van der Waals surface area contributed by atoms with Gasteiger partial charge in [-0.3, -0.25) is 0 Å². The molecule has 1 aromatic heterocycles. The lowest BCUT2D eigenvalue weighted by Crippen LogP contribution is -2.36. The first kappa shape index (κ1) is 21.0. The predicted molar refractivity (Wildman–Crippen MR) is 129 cm³/mol. The van der Waals surface area contributed by atoms with E-state index in [1.165, 1.54) is 36.8 Å². The Bertz CT molecular complexity index is 1030. The zero-order chi connectivity index (χ0) is 20.5. The summed E-state index contributed by atoms with van der Waals surface area (Å²) in [6.45, 7) is 8.49. The van der Waals surface area contributed by atoms with Gasteiger partial charge in [0.25, 0.3) is 5.01 Å². The number of thiazole rings is 1. The number of rotatable bonds is 5. The molecule has 1 aliphatic carbocycles. The molecular formula is C23H25Cl2N2S2+. The molecule has 0 N–H and O–H groups in total. The number of fused-ring (bicyclic) bond motifs is 2. The Hall–Kier alpha value is -1.20. The van der Waals surface area contributed by atoms with Crippen LogP contribution < -0.4 is 9.47 Å². The van der Waals surface area contributed by atoms with Gasteiger partial charge in [-0.15, -0.1) is 0 Å². The van der Waals surface area contributed by atoms with Crippen LogP contribution in [0, 0.1) is 0 Å². The van der Waals surface area contributed by atoms with Crippen molar-refractivity contribution in [2.45, 2.75) is 51.5 Å². The van der Waals surface area contributed by atoms with Gasteiger partial charge in [0.1, 0.15) is 6.54 Å². The fourth-order valence-electron chi connectivity index (χ4n) is 3.80. The number of nitrogens with zero attached hydrogens (tertiary/aromatic N) is 2. The Kier molecular flexibility index (Phi) is 6.45. The highest BCUT2D eigenvalue weighted by molar-refractivity contribution is 8.03. The second kappa shape index (κ2) is 8.89. The number of thioether (sulfide) groups is 1. The average Bonchev–Trinajstić information content (AvgIpc) is 3.23. The fourth-order valence-corrected chi connectivity index (χ4v) is 6.62. The molecular weight excluding hydrogens is 439 g/mol. The first-order chi connectivity index (χ1) is 14.0. The molecule has 0 saturated carbocycles. The van der Waals surface area contributed by atoms with E-state index >= 15 is 0 Å². The molecule has 4 rings (SSSR count). The van der Waals surface area contributed by atoms with E-state index < -0.39 is 0 Å². The van der Waals surface area contributed by atoms with Crippen LogP contribution in [-0.4, -0.2) is 6.54 Å². The molecule has 0 radical (unpaired) electrons. The zero-order valence-corrected chi connectivity index (χ0v) is 20.1. The molecule has 0 saturated heterocycles. The van der Waals surface area contributed by atoms with Gasteiger partial charge >= 0.3 is 0 Å². The first-order valence-corrected chi connectivity index (χ1v) is 12.5. The number of allylic oxidation sites excluding steroid dienone is 3. The monoisotopic (exact) mass is 463 g/mol. The van der Waals surface area contributed by atoms with Gasteiger partial charge in [-0.1, -0.05) is 53.2 Å². The minimum atomic E-state index is 0.787. The molecule has 2 heterocycles. The number of hydrogen-bond donors (Lipinski definition) is 0. The Morgan fingerprint density at radius 2 is 2.03 bits per heavy atom. The first-order valence-electron chi connectivity index (χ1n) is 10.1. The minimum Gasteiger partial charge on any atom is -0.335 e. The number of hydrogen-bond acceptors (Lipinski definition) is 3. The summed E-state index contributed by atoms with van der Waals surface area (Å²) in [5, 5.41) is 4.32. The van der Waals surface area contributed by atoms with Crippen LogP contribution in [0.1, 0.15) is 49.2 Å². The SMILES string of the molecule is CCC(=C\c1sc2c([n+]1CC)C=C(Cl)CC2)/C=C1/Sc2ccc(Cl)cc2N1CC. The molecule has 2 aromatic rings. The van der Waals surface area contributed by atoms with E-state index in [4.69, 9.17) is 23.2 Å². The third-order valence-electron chi connectivity index (χ3n) is 5.31. The van der Waals surface area contributed by atoms with Crippen LogP contribution in [0.2, 0.25) is 5.02 Å². The molecule has 0 amide bonds. The molecule has 1 aliphatic heterocycles. The van der Waals surface area contributed by atoms with Gasteiger partial charge in [0, 0.05) is 33.6 Å².